The summed E-state index contributed by atoms with van der Waals surface area (Å²) < 4.78 is 16.5. The molecule has 32 heavy (non-hydrogen) atoms. The highest BCUT2D eigenvalue weighted by molar-refractivity contribution is 5.81. The first-order valence-electron chi connectivity index (χ1n) is 10.7. The molecule has 0 saturated carbocycles. The van der Waals surface area contributed by atoms with Crippen LogP contribution in [-0.4, -0.2) is 41.2 Å². The zero-order valence-corrected chi connectivity index (χ0v) is 19.6. The largest absolute Gasteiger partial charge is 0.497 e. The Morgan fingerprint density at radius 3 is 2.25 bits per heavy atom. The fraction of sp³-hybridized carbons (Fsp3) is 0.400. The van der Waals surface area contributed by atoms with Crippen molar-refractivity contribution < 1.29 is 18.8 Å². The van der Waals surface area contributed by atoms with Crippen LogP contribution < -0.4 is 9.47 Å². The highest BCUT2D eigenvalue weighted by Gasteiger charge is 2.24. The summed E-state index contributed by atoms with van der Waals surface area (Å²) in [7, 11) is 3.32. The molecular weight excluding hydrogens is 406 g/mol. The van der Waals surface area contributed by atoms with Crippen LogP contribution in [0.4, 0.5) is 0 Å². The minimum absolute atomic E-state index is 0.0630. The molecule has 0 unspecified atom stereocenters. The van der Waals surface area contributed by atoms with Gasteiger partial charge in [0.25, 0.3) is 5.91 Å². The average molecular weight is 438 g/mol. The Labute approximate surface area is 189 Å². The highest BCUT2D eigenvalue weighted by atomic mass is 16.5. The first kappa shape index (κ1) is 23.3. The van der Waals surface area contributed by atoms with E-state index < -0.39 is 6.10 Å². The minimum Gasteiger partial charge on any atom is -0.497 e. The Bertz CT molecular complexity index is 1020. The normalized spacial score (nSPS) is 12.3. The maximum Gasteiger partial charge on any atom is 0.263 e. The predicted molar refractivity (Wildman–Crippen MR) is 123 cm³/mol. The third kappa shape index (κ3) is 5.66. The van der Waals surface area contributed by atoms with Gasteiger partial charge in [-0.1, -0.05) is 45.0 Å². The van der Waals surface area contributed by atoms with Gasteiger partial charge in [0.1, 0.15) is 11.5 Å². The van der Waals surface area contributed by atoms with Crippen molar-refractivity contribution in [2.45, 2.75) is 52.2 Å². The molecule has 0 aliphatic rings. The van der Waals surface area contributed by atoms with Crippen molar-refractivity contribution in [1.29, 1.82) is 0 Å². The summed E-state index contributed by atoms with van der Waals surface area (Å²) >= 11 is 0. The third-order valence-corrected chi connectivity index (χ3v) is 5.21. The second-order valence-electron chi connectivity index (χ2n) is 8.72. The number of hydrogen-bond donors (Lipinski definition) is 0. The number of methoxy groups -OCH3 is 1. The van der Waals surface area contributed by atoms with E-state index in [9.17, 15) is 4.79 Å². The van der Waals surface area contributed by atoms with Gasteiger partial charge in [-0.2, -0.15) is 4.98 Å². The van der Waals surface area contributed by atoms with E-state index in [0.29, 0.717) is 23.9 Å². The number of amides is 1. The molecular formula is C25H31N3O4. The van der Waals surface area contributed by atoms with Gasteiger partial charge in [0.15, 0.2) is 6.10 Å². The van der Waals surface area contributed by atoms with Gasteiger partial charge in [0.2, 0.25) is 11.7 Å². The first-order valence-corrected chi connectivity index (χ1v) is 10.7. The van der Waals surface area contributed by atoms with Crippen molar-refractivity contribution in [3.05, 3.63) is 60.0 Å². The number of ether oxygens (including phenoxy) is 2. The Hall–Kier alpha value is -3.35. The lowest BCUT2D eigenvalue weighted by molar-refractivity contribution is -0.138. The fourth-order valence-corrected chi connectivity index (χ4v) is 3.21. The maximum absolute atomic E-state index is 13.0. The van der Waals surface area contributed by atoms with Gasteiger partial charge in [-0.3, -0.25) is 4.79 Å². The first-order chi connectivity index (χ1) is 15.2. The Morgan fingerprint density at radius 2 is 1.69 bits per heavy atom. The predicted octanol–water partition coefficient (Wildman–Crippen LogP) is 4.86. The number of nitrogens with zero attached hydrogens (tertiary/aromatic N) is 3. The molecule has 2 aromatic carbocycles. The van der Waals surface area contributed by atoms with Crippen molar-refractivity contribution in [1.82, 2.24) is 15.0 Å². The number of hydrogen-bond acceptors (Lipinski definition) is 6. The van der Waals surface area contributed by atoms with Crippen molar-refractivity contribution in [3.63, 3.8) is 0 Å². The second kappa shape index (κ2) is 9.85. The van der Waals surface area contributed by atoms with Gasteiger partial charge in [0, 0.05) is 12.6 Å². The SMILES string of the molecule is CC[C@@H](Oc1ccc(C(C)(C)C)cc1)C(=O)N(C)Cc1nc(-c2ccc(OC)cc2)no1. The molecule has 0 radical (unpaired) electrons. The number of rotatable bonds is 8. The smallest absolute Gasteiger partial charge is 0.263 e. The van der Waals surface area contributed by atoms with Gasteiger partial charge < -0.3 is 18.9 Å². The summed E-state index contributed by atoms with van der Waals surface area (Å²) in [5.41, 5.74) is 2.08. The van der Waals surface area contributed by atoms with Crippen LogP contribution in [0.1, 0.15) is 45.6 Å². The van der Waals surface area contributed by atoms with Crippen molar-refractivity contribution in [3.8, 4) is 22.9 Å². The summed E-state index contributed by atoms with van der Waals surface area (Å²) in [6.45, 7) is 8.61. The van der Waals surface area contributed by atoms with E-state index in [2.05, 4.69) is 30.9 Å². The molecule has 0 spiro atoms. The molecule has 1 heterocycles. The van der Waals surface area contributed by atoms with Gasteiger partial charge in [-0.05, 0) is 53.8 Å². The molecule has 3 rings (SSSR count). The van der Waals surface area contributed by atoms with E-state index >= 15 is 0 Å². The third-order valence-electron chi connectivity index (χ3n) is 5.21. The van der Waals surface area contributed by atoms with Gasteiger partial charge in [-0.25, -0.2) is 0 Å². The Balaban J connectivity index is 1.63. The molecule has 0 N–H and O–H groups in total. The molecule has 0 aliphatic carbocycles. The van der Waals surface area contributed by atoms with E-state index in [-0.39, 0.29) is 17.9 Å². The van der Waals surface area contributed by atoms with E-state index in [1.54, 1.807) is 19.1 Å². The van der Waals surface area contributed by atoms with Gasteiger partial charge >= 0.3 is 0 Å². The van der Waals surface area contributed by atoms with Crippen LogP contribution in [-0.2, 0) is 16.8 Å². The molecule has 170 valence electrons. The topological polar surface area (TPSA) is 77.7 Å². The van der Waals surface area contributed by atoms with E-state index in [1.807, 2.05) is 55.5 Å². The lowest BCUT2D eigenvalue weighted by Crippen LogP contribution is -2.39. The van der Waals surface area contributed by atoms with E-state index in [1.165, 1.54) is 5.56 Å². The van der Waals surface area contributed by atoms with Crippen molar-refractivity contribution in [2.75, 3.05) is 14.2 Å². The molecule has 3 aromatic rings. The van der Waals surface area contributed by atoms with Crippen LogP contribution in [0.25, 0.3) is 11.4 Å². The zero-order chi connectivity index (χ0) is 23.3. The zero-order valence-electron chi connectivity index (χ0n) is 19.6. The molecule has 0 saturated heterocycles. The lowest BCUT2D eigenvalue weighted by Gasteiger charge is -2.23. The Kier molecular flexibility index (Phi) is 7.18. The standard InChI is InChI=1S/C25H31N3O4/c1-7-21(31-20-14-10-18(11-15-20)25(2,3)4)24(29)28(5)16-22-26-23(27-32-22)17-8-12-19(30-6)13-9-17/h8-15,21H,7,16H2,1-6H3/t21-/m1/s1. The van der Waals surface area contributed by atoms with Crippen LogP contribution in [0.2, 0.25) is 0 Å². The fourth-order valence-electron chi connectivity index (χ4n) is 3.21. The molecule has 1 atom stereocenters. The molecule has 1 amide bonds. The van der Waals surface area contributed by atoms with Crippen molar-refractivity contribution >= 4 is 5.91 Å². The van der Waals surface area contributed by atoms with Crippen molar-refractivity contribution in [2.24, 2.45) is 0 Å². The summed E-state index contributed by atoms with van der Waals surface area (Å²) in [6, 6.07) is 15.3. The molecule has 0 aliphatic heterocycles. The van der Waals surface area contributed by atoms with Gasteiger partial charge in [0.05, 0.1) is 13.7 Å². The Morgan fingerprint density at radius 1 is 1.06 bits per heavy atom. The molecule has 7 heteroatoms. The van der Waals surface area contributed by atoms with Crippen LogP contribution >= 0.6 is 0 Å². The summed E-state index contributed by atoms with van der Waals surface area (Å²) in [6.07, 6.45) is -0.0463. The molecule has 1 aromatic heterocycles. The van der Waals surface area contributed by atoms with Crippen LogP contribution in [0.3, 0.4) is 0 Å². The van der Waals surface area contributed by atoms with Crippen LogP contribution in [0, 0.1) is 0 Å². The molecule has 0 bridgehead atoms. The van der Waals surface area contributed by atoms with Crippen LogP contribution in [0.5, 0.6) is 11.5 Å². The molecule has 7 nitrogen and oxygen atoms in total. The number of carbonyl (C=O) groups is 1. The number of likely N-dealkylation sites (N-methyl/N-ethyl adjacent to an activating group) is 1. The summed E-state index contributed by atoms with van der Waals surface area (Å²) in [5.74, 6) is 2.10. The van der Waals surface area contributed by atoms with Gasteiger partial charge in [-0.15, -0.1) is 0 Å². The summed E-state index contributed by atoms with van der Waals surface area (Å²) in [5, 5.41) is 4.02. The lowest BCUT2D eigenvalue weighted by atomic mass is 9.87. The number of aromatic nitrogens is 2. The second-order valence-corrected chi connectivity index (χ2v) is 8.72. The monoisotopic (exact) mass is 437 g/mol. The molecule has 0 fully saturated rings. The number of carbonyl (C=O) groups excluding carboxylic acids is 1. The minimum atomic E-state index is -0.593. The number of benzene rings is 2. The van der Waals surface area contributed by atoms with Crippen LogP contribution in [0.15, 0.2) is 53.1 Å². The quantitative estimate of drug-likeness (QED) is 0.501. The van der Waals surface area contributed by atoms with E-state index in [4.69, 9.17) is 14.0 Å². The summed E-state index contributed by atoms with van der Waals surface area (Å²) in [4.78, 5) is 18.9. The average Bonchev–Trinajstić information content (AvgIpc) is 3.25. The highest BCUT2D eigenvalue weighted by Crippen LogP contribution is 2.25. The van der Waals surface area contributed by atoms with E-state index in [0.717, 1.165) is 11.3 Å². The maximum atomic E-state index is 13.0.